The van der Waals surface area contributed by atoms with Crippen LogP contribution >= 0.6 is 24.0 Å². The summed E-state index contributed by atoms with van der Waals surface area (Å²) in [6.45, 7) is 2.85. The van der Waals surface area contributed by atoms with Crippen molar-refractivity contribution >= 4 is 34.1 Å². The molecule has 26 heavy (non-hydrogen) atoms. The molecule has 1 atom stereocenters. The molecular formula is C20H16N4S2. The van der Waals surface area contributed by atoms with Gasteiger partial charge in [0.1, 0.15) is 0 Å². The van der Waals surface area contributed by atoms with Crippen molar-refractivity contribution < 1.29 is 0 Å². The first-order chi connectivity index (χ1) is 12.7. The predicted octanol–water partition coefficient (Wildman–Crippen LogP) is 5.07. The summed E-state index contributed by atoms with van der Waals surface area (Å²) in [5.74, 6) is 1.68. The Hall–Kier alpha value is -2.62. The zero-order valence-corrected chi connectivity index (χ0v) is 15.8. The number of hydrogen-bond donors (Lipinski definition) is 1. The molecule has 4 rings (SSSR count). The normalized spacial score (nSPS) is 12.2. The fourth-order valence-electron chi connectivity index (χ4n) is 2.99. The van der Waals surface area contributed by atoms with E-state index in [9.17, 15) is 0 Å². The van der Waals surface area contributed by atoms with Crippen molar-refractivity contribution in [1.82, 2.24) is 14.8 Å². The van der Waals surface area contributed by atoms with Crippen LogP contribution in [0.1, 0.15) is 29.1 Å². The van der Waals surface area contributed by atoms with Gasteiger partial charge in [-0.25, -0.2) is 0 Å². The van der Waals surface area contributed by atoms with E-state index in [1.54, 1.807) is 23.5 Å². The Kier molecular flexibility index (Phi) is 4.49. The maximum atomic E-state index is 8.96. The summed E-state index contributed by atoms with van der Waals surface area (Å²) >= 11 is 6.49. The van der Waals surface area contributed by atoms with E-state index in [1.807, 2.05) is 24.3 Å². The van der Waals surface area contributed by atoms with E-state index < -0.39 is 0 Å². The van der Waals surface area contributed by atoms with E-state index >= 15 is 0 Å². The van der Waals surface area contributed by atoms with Gasteiger partial charge in [-0.15, -0.1) is 21.5 Å². The molecule has 0 bridgehead atoms. The monoisotopic (exact) mass is 376 g/mol. The van der Waals surface area contributed by atoms with Gasteiger partial charge in [0.2, 0.25) is 0 Å². The highest BCUT2D eigenvalue weighted by atomic mass is 32.1. The molecule has 128 valence electrons. The summed E-state index contributed by atoms with van der Waals surface area (Å²) in [7, 11) is 0. The Morgan fingerprint density at radius 3 is 2.62 bits per heavy atom. The Morgan fingerprint density at radius 2 is 1.92 bits per heavy atom. The van der Waals surface area contributed by atoms with E-state index in [0.29, 0.717) is 5.56 Å². The maximum absolute atomic E-state index is 8.96. The highest BCUT2D eigenvalue weighted by Gasteiger charge is 2.21. The Labute approximate surface area is 161 Å². The number of benzene rings is 2. The molecule has 0 amide bonds. The van der Waals surface area contributed by atoms with Crippen LogP contribution in [-0.2, 0) is 6.54 Å². The van der Waals surface area contributed by atoms with E-state index in [-0.39, 0.29) is 5.25 Å². The van der Waals surface area contributed by atoms with E-state index in [2.05, 4.69) is 46.0 Å². The zero-order chi connectivity index (χ0) is 18.1. The van der Waals surface area contributed by atoms with Gasteiger partial charge in [-0.1, -0.05) is 30.3 Å². The lowest BCUT2D eigenvalue weighted by atomic mass is 10.1. The highest BCUT2D eigenvalue weighted by Crippen LogP contribution is 2.35. The average molecular weight is 377 g/mol. The minimum atomic E-state index is -0.196. The van der Waals surface area contributed by atoms with Crippen LogP contribution in [0.3, 0.4) is 0 Å². The average Bonchev–Trinajstić information content (AvgIpc) is 3.30. The molecule has 4 aromatic rings. The molecular weight excluding hydrogens is 360 g/mol. The van der Waals surface area contributed by atoms with E-state index in [1.165, 1.54) is 10.1 Å². The quantitative estimate of drug-likeness (QED) is 0.506. The second-order valence-corrected chi connectivity index (χ2v) is 7.51. The summed E-state index contributed by atoms with van der Waals surface area (Å²) < 4.78 is 3.35. The molecule has 2 aromatic carbocycles. The van der Waals surface area contributed by atoms with E-state index in [4.69, 9.17) is 17.9 Å². The second kappa shape index (κ2) is 6.94. The van der Waals surface area contributed by atoms with E-state index in [0.717, 1.165) is 28.6 Å². The molecule has 0 saturated carbocycles. The van der Waals surface area contributed by atoms with Gasteiger partial charge >= 0.3 is 0 Å². The van der Waals surface area contributed by atoms with Gasteiger partial charge < -0.3 is 4.57 Å². The topological polar surface area (TPSA) is 54.5 Å². The first kappa shape index (κ1) is 16.8. The lowest BCUT2D eigenvalue weighted by molar-refractivity contribution is 0.716. The maximum Gasteiger partial charge on any atom is 0.174 e. The minimum Gasteiger partial charge on any atom is -0.309 e. The first-order valence-electron chi connectivity index (χ1n) is 8.31. The van der Waals surface area contributed by atoms with Gasteiger partial charge in [-0.05, 0) is 42.1 Å². The zero-order valence-electron chi connectivity index (χ0n) is 14.1. The van der Waals surface area contributed by atoms with Crippen molar-refractivity contribution in [3.8, 4) is 16.8 Å². The van der Waals surface area contributed by atoms with Gasteiger partial charge in [0.15, 0.2) is 11.6 Å². The predicted molar refractivity (Wildman–Crippen MR) is 109 cm³/mol. The third-order valence-corrected chi connectivity index (χ3v) is 5.98. The number of nitrogens with zero attached hydrogens (tertiary/aromatic N) is 4. The standard InChI is InChI=1S/C20H16N4S2/c1-2-24-19(17-11-15-5-3-4-6-16(15)26-17)22-23-20(24)18(25)14-9-7-13(12-21)8-10-14/h3-11,18,25H,2H2,1H3. The lowest BCUT2D eigenvalue weighted by Gasteiger charge is -2.13. The Balaban J connectivity index is 1.75. The molecule has 4 nitrogen and oxygen atoms in total. The number of thiophene rings is 1. The molecule has 0 saturated heterocycles. The number of thiol groups is 1. The third-order valence-electron chi connectivity index (χ3n) is 4.34. The smallest absolute Gasteiger partial charge is 0.174 e. The Bertz CT molecular complexity index is 1070. The van der Waals surface area contributed by atoms with Crippen LogP contribution in [0.15, 0.2) is 54.6 Å². The largest absolute Gasteiger partial charge is 0.309 e. The fourth-order valence-corrected chi connectivity index (χ4v) is 4.41. The number of rotatable bonds is 4. The van der Waals surface area contributed by atoms with Crippen LogP contribution in [0, 0.1) is 11.3 Å². The number of nitriles is 1. The number of aromatic nitrogens is 3. The van der Waals surface area contributed by atoms with Gasteiger partial charge in [0.05, 0.1) is 21.8 Å². The van der Waals surface area contributed by atoms with Gasteiger partial charge in [-0.3, -0.25) is 0 Å². The first-order valence-corrected chi connectivity index (χ1v) is 9.64. The minimum absolute atomic E-state index is 0.196. The molecule has 0 N–H and O–H groups in total. The van der Waals surface area contributed by atoms with Crippen LogP contribution in [0.5, 0.6) is 0 Å². The molecule has 0 aliphatic carbocycles. The van der Waals surface area contributed by atoms with Crippen molar-refractivity contribution in [2.75, 3.05) is 0 Å². The number of hydrogen-bond acceptors (Lipinski definition) is 5. The molecule has 0 radical (unpaired) electrons. The second-order valence-electron chi connectivity index (χ2n) is 5.91. The summed E-state index contributed by atoms with van der Waals surface area (Å²) in [6.07, 6.45) is 0. The Morgan fingerprint density at radius 1 is 1.15 bits per heavy atom. The van der Waals surface area contributed by atoms with Gasteiger partial charge in [-0.2, -0.15) is 17.9 Å². The molecule has 1 unspecified atom stereocenters. The van der Waals surface area contributed by atoms with Crippen LogP contribution in [0.25, 0.3) is 20.8 Å². The summed E-state index contributed by atoms with van der Waals surface area (Å²) in [6, 6.07) is 20.1. The van der Waals surface area contributed by atoms with Crippen molar-refractivity contribution in [1.29, 1.82) is 5.26 Å². The molecule has 0 spiro atoms. The van der Waals surface area contributed by atoms with Crippen LogP contribution in [0.2, 0.25) is 0 Å². The van der Waals surface area contributed by atoms with Gasteiger partial charge in [0.25, 0.3) is 0 Å². The summed E-state index contributed by atoms with van der Waals surface area (Å²) in [5, 5.41) is 18.9. The van der Waals surface area contributed by atoms with Crippen LogP contribution < -0.4 is 0 Å². The SMILES string of the molecule is CCn1c(-c2cc3ccccc3s2)nnc1C(S)c1ccc(C#N)cc1. The molecule has 6 heteroatoms. The van der Waals surface area contributed by atoms with Crippen molar-refractivity contribution in [3.63, 3.8) is 0 Å². The van der Waals surface area contributed by atoms with Crippen molar-refractivity contribution in [3.05, 3.63) is 71.5 Å². The highest BCUT2D eigenvalue weighted by molar-refractivity contribution is 7.80. The van der Waals surface area contributed by atoms with Crippen LogP contribution in [-0.4, -0.2) is 14.8 Å². The summed E-state index contributed by atoms with van der Waals surface area (Å²) in [4.78, 5) is 1.10. The third kappa shape index (κ3) is 2.90. The van der Waals surface area contributed by atoms with Crippen LogP contribution in [0.4, 0.5) is 0 Å². The van der Waals surface area contributed by atoms with Crippen molar-refractivity contribution in [2.24, 2.45) is 0 Å². The molecule has 0 fully saturated rings. The molecule has 0 aliphatic heterocycles. The molecule has 0 aliphatic rings. The fraction of sp³-hybridized carbons (Fsp3) is 0.150. The lowest BCUT2D eigenvalue weighted by Crippen LogP contribution is -2.06. The van der Waals surface area contributed by atoms with Crippen molar-refractivity contribution in [2.45, 2.75) is 18.7 Å². The summed E-state index contributed by atoms with van der Waals surface area (Å²) in [5.41, 5.74) is 1.63. The number of fused-ring (bicyclic) bond motifs is 1. The van der Waals surface area contributed by atoms with Gasteiger partial charge in [0, 0.05) is 11.2 Å². The molecule has 2 aromatic heterocycles. The molecule has 2 heterocycles.